The lowest BCUT2D eigenvalue weighted by atomic mass is 10.2. The molecule has 0 N–H and O–H groups in total. The molecule has 0 aliphatic carbocycles. The maximum Gasteiger partial charge on any atom is 0.436 e. The van der Waals surface area contributed by atoms with Crippen molar-refractivity contribution in [2.24, 2.45) is 0 Å². The fraction of sp³-hybridized carbons (Fsp3) is 0.250. The van der Waals surface area contributed by atoms with E-state index in [4.69, 9.17) is 4.74 Å². The summed E-state index contributed by atoms with van der Waals surface area (Å²) in [6.45, 7) is 1.04. The third-order valence-corrected chi connectivity index (χ3v) is 4.63. The highest BCUT2D eigenvalue weighted by Gasteiger charge is 2.37. The quantitative estimate of drug-likeness (QED) is 0.605. The molecule has 1 amide bonds. The van der Waals surface area contributed by atoms with E-state index in [2.05, 4.69) is 10.1 Å². The first kappa shape index (κ1) is 19.9. The van der Waals surface area contributed by atoms with Crippen molar-refractivity contribution in [3.8, 4) is 5.88 Å². The highest BCUT2D eigenvalue weighted by molar-refractivity contribution is 5.92. The summed E-state index contributed by atoms with van der Waals surface area (Å²) in [4.78, 5) is 17.2. The zero-order valence-corrected chi connectivity index (χ0v) is 15.6. The largest absolute Gasteiger partial charge is 0.472 e. The van der Waals surface area contributed by atoms with Gasteiger partial charge in [0.25, 0.3) is 5.91 Å². The molecule has 3 aromatic rings. The molecule has 2 aromatic heterocycles. The van der Waals surface area contributed by atoms with E-state index in [0.29, 0.717) is 30.8 Å². The Morgan fingerprint density at radius 3 is 2.60 bits per heavy atom. The van der Waals surface area contributed by atoms with Crippen molar-refractivity contribution in [3.05, 3.63) is 77.0 Å². The Morgan fingerprint density at radius 2 is 1.87 bits per heavy atom. The van der Waals surface area contributed by atoms with Crippen molar-refractivity contribution in [1.29, 1.82) is 0 Å². The maximum absolute atomic E-state index is 13.4. The number of halogens is 4. The second-order valence-corrected chi connectivity index (χ2v) is 6.72. The van der Waals surface area contributed by atoms with Crippen molar-refractivity contribution in [1.82, 2.24) is 19.7 Å². The van der Waals surface area contributed by atoms with Gasteiger partial charge in [-0.15, -0.1) is 5.10 Å². The number of fused-ring (bicyclic) bond motifs is 1. The smallest absolute Gasteiger partial charge is 0.436 e. The minimum Gasteiger partial charge on any atom is -0.472 e. The predicted molar refractivity (Wildman–Crippen MR) is 96.9 cm³/mol. The molecule has 0 saturated heterocycles. The van der Waals surface area contributed by atoms with E-state index in [0.717, 1.165) is 11.6 Å². The number of rotatable bonds is 4. The molecule has 0 bridgehead atoms. The van der Waals surface area contributed by atoms with Gasteiger partial charge in [0.05, 0.1) is 18.8 Å². The number of nitrogens with zero attached hydrogens (tertiary/aromatic N) is 4. The first-order chi connectivity index (χ1) is 14.3. The molecule has 30 heavy (non-hydrogen) atoms. The van der Waals surface area contributed by atoms with Crippen molar-refractivity contribution in [2.45, 2.75) is 25.9 Å². The molecular formula is C20H16F4N4O2. The predicted octanol–water partition coefficient (Wildman–Crippen LogP) is 3.67. The molecule has 0 spiro atoms. The van der Waals surface area contributed by atoms with Gasteiger partial charge in [0.1, 0.15) is 12.3 Å². The van der Waals surface area contributed by atoms with Crippen molar-refractivity contribution < 1.29 is 27.1 Å². The van der Waals surface area contributed by atoms with Crippen molar-refractivity contribution in [2.75, 3.05) is 6.54 Å². The van der Waals surface area contributed by atoms with Crippen LogP contribution < -0.4 is 4.74 Å². The Bertz CT molecular complexity index is 1070. The van der Waals surface area contributed by atoms with Crippen molar-refractivity contribution >= 4 is 5.91 Å². The van der Waals surface area contributed by atoms with Crippen LogP contribution in [0.2, 0.25) is 0 Å². The van der Waals surface area contributed by atoms with Gasteiger partial charge in [-0.1, -0.05) is 30.3 Å². The Balaban J connectivity index is 1.46. The first-order valence-corrected chi connectivity index (χ1v) is 9.08. The van der Waals surface area contributed by atoms with Gasteiger partial charge in [-0.3, -0.25) is 9.48 Å². The molecule has 0 saturated carbocycles. The average Bonchev–Trinajstić information content (AvgIpc) is 3.14. The first-order valence-electron chi connectivity index (χ1n) is 9.08. The van der Waals surface area contributed by atoms with Crippen LogP contribution in [0.15, 0.2) is 48.5 Å². The van der Waals surface area contributed by atoms with Gasteiger partial charge >= 0.3 is 6.18 Å². The fourth-order valence-corrected chi connectivity index (χ4v) is 3.14. The van der Waals surface area contributed by atoms with Gasteiger partial charge in [0.2, 0.25) is 5.88 Å². The van der Waals surface area contributed by atoms with Gasteiger partial charge < -0.3 is 9.64 Å². The number of hydrogen-bond donors (Lipinski definition) is 0. The molecule has 1 aliphatic heterocycles. The molecular weight excluding hydrogens is 404 g/mol. The number of carbonyl (C=O) groups excluding carboxylic acids is 1. The van der Waals surface area contributed by atoms with Crippen LogP contribution in [-0.4, -0.2) is 32.1 Å². The van der Waals surface area contributed by atoms with Crippen LogP contribution in [0.25, 0.3) is 0 Å². The van der Waals surface area contributed by atoms with Crippen LogP contribution in [-0.2, 0) is 25.9 Å². The van der Waals surface area contributed by atoms with Crippen LogP contribution in [0.5, 0.6) is 5.88 Å². The molecule has 0 unspecified atom stereocenters. The summed E-state index contributed by atoms with van der Waals surface area (Å²) in [6, 6.07) is 12.8. The number of pyridine rings is 1. The third-order valence-electron chi connectivity index (χ3n) is 4.63. The maximum atomic E-state index is 13.4. The average molecular weight is 420 g/mol. The van der Waals surface area contributed by atoms with E-state index in [-0.39, 0.29) is 13.1 Å². The molecule has 0 radical (unpaired) electrons. The van der Waals surface area contributed by atoms with E-state index < -0.39 is 29.3 Å². The number of amides is 1. The summed E-state index contributed by atoms with van der Waals surface area (Å²) in [5, 5.41) is 4.33. The number of ether oxygens (including phenoxy) is 1. The number of aromatic nitrogens is 3. The molecule has 1 aromatic carbocycles. The molecule has 10 heteroatoms. The normalized spacial score (nSPS) is 13.8. The second kappa shape index (κ2) is 7.77. The monoisotopic (exact) mass is 420 g/mol. The van der Waals surface area contributed by atoms with E-state index in [1.807, 2.05) is 30.3 Å². The van der Waals surface area contributed by atoms with E-state index in [1.54, 1.807) is 10.7 Å². The number of benzene rings is 1. The molecule has 0 fully saturated rings. The van der Waals surface area contributed by atoms with Crippen LogP contribution in [0.1, 0.15) is 27.4 Å². The molecule has 156 valence electrons. The molecule has 3 heterocycles. The molecule has 1 aliphatic rings. The van der Waals surface area contributed by atoms with E-state index in [9.17, 15) is 22.4 Å². The Morgan fingerprint density at radius 1 is 1.10 bits per heavy atom. The zero-order chi connectivity index (χ0) is 21.3. The zero-order valence-electron chi connectivity index (χ0n) is 15.6. The lowest BCUT2D eigenvalue weighted by Gasteiger charge is -2.27. The minimum absolute atomic E-state index is 0.126. The number of carbonyl (C=O) groups is 1. The third kappa shape index (κ3) is 4.12. The summed E-state index contributed by atoms with van der Waals surface area (Å²) >= 11 is 0. The highest BCUT2D eigenvalue weighted by Crippen LogP contribution is 2.30. The summed E-state index contributed by atoms with van der Waals surface area (Å²) in [5.74, 6) is -1.84. The number of hydrogen-bond acceptors (Lipinski definition) is 4. The van der Waals surface area contributed by atoms with Crippen LogP contribution in [0.3, 0.4) is 0 Å². The van der Waals surface area contributed by atoms with Gasteiger partial charge in [0.15, 0.2) is 11.5 Å². The fourth-order valence-electron chi connectivity index (χ4n) is 3.14. The van der Waals surface area contributed by atoms with Gasteiger partial charge in [-0.25, -0.2) is 9.37 Å². The topological polar surface area (TPSA) is 60.2 Å². The van der Waals surface area contributed by atoms with E-state index in [1.165, 1.54) is 4.90 Å². The lowest BCUT2D eigenvalue weighted by molar-refractivity contribution is -0.143. The Labute approximate surface area is 168 Å². The molecule has 0 atom stereocenters. The lowest BCUT2D eigenvalue weighted by Crippen LogP contribution is -2.39. The molecule has 6 nitrogen and oxygen atoms in total. The highest BCUT2D eigenvalue weighted by atomic mass is 19.4. The summed E-state index contributed by atoms with van der Waals surface area (Å²) in [7, 11) is 0. The standard InChI is InChI=1S/C20H16F4N4O2/c21-15-6-7-16(25-18(15)20(22,23)24)19(29)27-8-9-28-14(11-27)10-17(26-28)30-12-13-4-2-1-3-5-13/h1-7,10H,8-9,11-12H2. The van der Waals surface area contributed by atoms with E-state index >= 15 is 0 Å². The van der Waals surface area contributed by atoms with Crippen molar-refractivity contribution in [3.63, 3.8) is 0 Å². The summed E-state index contributed by atoms with van der Waals surface area (Å²) in [5.41, 5.74) is -0.511. The van der Waals surface area contributed by atoms with Crippen LogP contribution in [0, 0.1) is 5.82 Å². The second-order valence-electron chi connectivity index (χ2n) is 6.72. The van der Waals surface area contributed by atoms with Gasteiger partial charge in [-0.05, 0) is 17.7 Å². The van der Waals surface area contributed by atoms with Gasteiger partial charge in [-0.2, -0.15) is 13.2 Å². The summed E-state index contributed by atoms with van der Waals surface area (Å²) < 4.78 is 59.4. The molecule has 4 rings (SSSR count). The Kier molecular flexibility index (Phi) is 5.15. The minimum atomic E-state index is -4.98. The van der Waals surface area contributed by atoms with Gasteiger partial charge in [0, 0.05) is 12.6 Å². The summed E-state index contributed by atoms with van der Waals surface area (Å²) in [6.07, 6.45) is -4.98. The van der Waals surface area contributed by atoms with Crippen LogP contribution in [0.4, 0.5) is 17.6 Å². The van der Waals surface area contributed by atoms with Crippen LogP contribution >= 0.6 is 0 Å². The number of alkyl halides is 3. The SMILES string of the molecule is O=C(c1ccc(F)c(C(F)(F)F)n1)N1CCn2nc(OCc3ccccc3)cc2C1. The Hall–Kier alpha value is -3.43.